The number of para-hydroxylation sites is 1. The number of hydrogen-bond acceptors (Lipinski definition) is 3. The molecule has 2 aromatic rings. The molecule has 1 aliphatic rings. The first kappa shape index (κ1) is 17.5. The van der Waals surface area contributed by atoms with E-state index in [4.69, 9.17) is 4.84 Å². The maximum absolute atomic E-state index is 11.6. The highest BCUT2D eigenvalue weighted by Crippen LogP contribution is 2.50. The Morgan fingerprint density at radius 3 is 3.00 bits per heavy atom. The molecule has 134 valence electrons. The summed E-state index contributed by atoms with van der Waals surface area (Å²) in [5.74, 6) is -0.402. The van der Waals surface area contributed by atoms with Crippen LogP contribution in [0.2, 0.25) is 0 Å². The fraction of sp³-hybridized carbons (Fsp3) is 0.500. The summed E-state index contributed by atoms with van der Waals surface area (Å²) >= 11 is 0. The van der Waals surface area contributed by atoms with Crippen LogP contribution < -0.4 is 0 Å². The van der Waals surface area contributed by atoms with E-state index in [0.29, 0.717) is 5.92 Å². The van der Waals surface area contributed by atoms with E-state index >= 15 is 0 Å². The topological polar surface area (TPSA) is 74.7 Å². The summed E-state index contributed by atoms with van der Waals surface area (Å²) in [7, 11) is 1.55. The molecule has 0 fully saturated rings. The van der Waals surface area contributed by atoms with E-state index in [2.05, 4.69) is 42.2 Å². The van der Waals surface area contributed by atoms with Gasteiger partial charge in [-0.05, 0) is 49.7 Å². The molecule has 2 N–H and O–H groups in total. The van der Waals surface area contributed by atoms with E-state index in [1.807, 2.05) is 6.21 Å². The van der Waals surface area contributed by atoms with Gasteiger partial charge in [-0.3, -0.25) is 4.79 Å². The number of carbonyl (C=O) groups is 1. The number of hydrogen-bond donors (Lipinski definition) is 2. The highest BCUT2D eigenvalue weighted by molar-refractivity contribution is 5.89. The summed E-state index contributed by atoms with van der Waals surface area (Å²) < 4.78 is 0. The maximum atomic E-state index is 11.6. The minimum atomic E-state index is -0.734. The van der Waals surface area contributed by atoms with Crippen molar-refractivity contribution in [1.82, 2.24) is 4.98 Å². The minimum Gasteiger partial charge on any atom is -0.481 e. The standard InChI is InChI=1S/C20H26N2O3/c1-4-20(12-16(23)24)10-8-14(9-11-21-25-3)17-15-7-5-6-13(2)18(15)22-19(17)20/h5-7,11,14,22H,4,8-10,12H2,1-3H3,(H,23,24)/t14-,20+/m1/s1. The number of aliphatic carboxylic acids is 1. The van der Waals surface area contributed by atoms with Crippen molar-refractivity contribution >= 4 is 23.1 Å². The van der Waals surface area contributed by atoms with Crippen LogP contribution >= 0.6 is 0 Å². The second-order valence-corrected chi connectivity index (χ2v) is 7.06. The molecule has 5 heteroatoms. The third-order valence-electron chi connectivity index (χ3n) is 5.73. The number of aromatic nitrogens is 1. The molecule has 5 nitrogen and oxygen atoms in total. The molecular formula is C20H26N2O3. The number of oxime groups is 1. The van der Waals surface area contributed by atoms with Crippen LogP contribution in [-0.4, -0.2) is 29.4 Å². The summed E-state index contributed by atoms with van der Waals surface area (Å²) in [5, 5.41) is 14.6. The normalized spacial score (nSPS) is 23.1. The van der Waals surface area contributed by atoms with E-state index in [9.17, 15) is 9.90 Å². The van der Waals surface area contributed by atoms with Crippen LogP contribution in [0.3, 0.4) is 0 Å². The molecule has 1 aromatic carbocycles. The largest absolute Gasteiger partial charge is 0.481 e. The Morgan fingerprint density at radius 1 is 1.52 bits per heavy atom. The Labute approximate surface area is 148 Å². The van der Waals surface area contributed by atoms with E-state index in [-0.39, 0.29) is 11.8 Å². The van der Waals surface area contributed by atoms with Gasteiger partial charge in [-0.1, -0.05) is 30.3 Å². The van der Waals surface area contributed by atoms with Gasteiger partial charge >= 0.3 is 5.97 Å². The number of nitrogens with one attached hydrogen (secondary N) is 1. The molecule has 1 aliphatic carbocycles. The number of aromatic amines is 1. The number of aryl methyl sites for hydroxylation is 1. The van der Waals surface area contributed by atoms with E-state index in [1.165, 1.54) is 16.5 Å². The summed E-state index contributed by atoms with van der Waals surface area (Å²) in [6, 6.07) is 6.31. The van der Waals surface area contributed by atoms with Gasteiger partial charge < -0.3 is 14.9 Å². The second-order valence-electron chi connectivity index (χ2n) is 7.06. The molecule has 0 radical (unpaired) electrons. The fourth-order valence-electron chi connectivity index (χ4n) is 4.37. The summed E-state index contributed by atoms with van der Waals surface area (Å²) in [5.41, 5.74) is 4.39. The zero-order valence-corrected chi connectivity index (χ0v) is 15.1. The Hall–Kier alpha value is -2.30. The Balaban J connectivity index is 2.18. The van der Waals surface area contributed by atoms with E-state index in [1.54, 1.807) is 7.11 Å². The lowest BCUT2D eigenvalue weighted by Crippen LogP contribution is -2.34. The molecule has 2 atom stereocenters. The lowest BCUT2D eigenvalue weighted by atomic mass is 9.65. The van der Waals surface area contributed by atoms with Crippen LogP contribution in [0, 0.1) is 6.92 Å². The second kappa shape index (κ2) is 6.90. The Kier molecular flexibility index (Phi) is 4.84. The molecule has 0 saturated carbocycles. The number of carboxylic acid groups (broad SMARTS) is 1. The first-order valence-electron chi connectivity index (χ1n) is 8.91. The van der Waals surface area contributed by atoms with E-state index < -0.39 is 5.97 Å². The van der Waals surface area contributed by atoms with Gasteiger partial charge in [0.2, 0.25) is 0 Å². The lowest BCUT2D eigenvalue weighted by molar-refractivity contribution is -0.138. The Bertz CT molecular complexity index is 809. The van der Waals surface area contributed by atoms with Gasteiger partial charge in [0, 0.05) is 28.2 Å². The van der Waals surface area contributed by atoms with Crippen molar-refractivity contribution in [2.75, 3.05) is 7.11 Å². The summed E-state index contributed by atoms with van der Waals surface area (Å²) in [6.45, 7) is 4.19. The van der Waals surface area contributed by atoms with Crippen LogP contribution in [0.4, 0.5) is 0 Å². The van der Waals surface area contributed by atoms with Gasteiger partial charge in [-0.15, -0.1) is 0 Å². The first-order chi connectivity index (χ1) is 12.0. The molecule has 3 rings (SSSR count). The predicted molar refractivity (Wildman–Crippen MR) is 99.4 cm³/mol. The first-order valence-corrected chi connectivity index (χ1v) is 8.91. The molecule has 1 heterocycles. The highest BCUT2D eigenvalue weighted by Gasteiger charge is 2.42. The van der Waals surface area contributed by atoms with Crippen molar-refractivity contribution in [1.29, 1.82) is 0 Å². The highest BCUT2D eigenvalue weighted by atomic mass is 16.6. The van der Waals surface area contributed by atoms with Crippen molar-refractivity contribution in [3.05, 3.63) is 35.0 Å². The molecule has 0 saturated heterocycles. The van der Waals surface area contributed by atoms with Gasteiger partial charge in [-0.2, -0.15) is 0 Å². The van der Waals surface area contributed by atoms with Crippen LogP contribution in [-0.2, 0) is 15.0 Å². The van der Waals surface area contributed by atoms with Gasteiger partial charge in [0.25, 0.3) is 0 Å². The number of rotatable bonds is 6. The zero-order valence-electron chi connectivity index (χ0n) is 15.1. The van der Waals surface area contributed by atoms with Crippen molar-refractivity contribution in [2.45, 2.75) is 57.3 Å². The number of carboxylic acids is 1. The van der Waals surface area contributed by atoms with Crippen LogP contribution in [0.1, 0.15) is 61.8 Å². The zero-order chi connectivity index (χ0) is 18.0. The van der Waals surface area contributed by atoms with Crippen molar-refractivity contribution in [2.24, 2.45) is 5.16 Å². The quantitative estimate of drug-likeness (QED) is 0.599. The van der Waals surface area contributed by atoms with Gasteiger partial charge in [0.1, 0.15) is 7.11 Å². The van der Waals surface area contributed by atoms with Gasteiger partial charge in [0.15, 0.2) is 0 Å². The third-order valence-corrected chi connectivity index (χ3v) is 5.73. The molecule has 1 aromatic heterocycles. The minimum absolute atomic E-state index is 0.168. The smallest absolute Gasteiger partial charge is 0.304 e. The number of H-pyrrole nitrogens is 1. The third kappa shape index (κ3) is 3.03. The average molecular weight is 342 g/mol. The monoisotopic (exact) mass is 342 g/mol. The fourth-order valence-corrected chi connectivity index (χ4v) is 4.37. The predicted octanol–water partition coefficient (Wildman–Crippen LogP) is 4.50. The number of nitrogens with zero attached hydrogens (tertiary/aromatic N) is 1. The van der Waals surface area contributed by atoms with Gasteiger partial charge in [-0.25, -0.2) is 0 Å². The molecule has 0 spiro atoms. The van der Waals surface area contributed by atoms with Crippen LogP contribution in [0.25, 0.3) is 10.9 Å². The van der Waals surface area contributed by atoms with Crippen molar-refractivity contribution < 1.29 is 14.7 Å². The van der Waals surface area contributed by atoms with Crippen molar-refractivity contribution in [3.8, 4) is 0 Å². The molecule has 0 aliphatic heterocycles. The molecule has 25 heavy (non-hydrogen) atoms. The molecule has 0 amide bonds. The van der Waals surface area contributed by atoms with Gasteiger partial charge in [0.05, 0.1) is 6.42 Å². The molecular weight excluding hydrogens is 316 g/mol. The Morgan fingerprint density at radius 2 is 2.32 bits per heavy atom. The number of fused-ring (bicyclic) bond motifs is 3. The lowest BCUT2D eigenvalue weighted by Gasteiger charge is -2.38. The molecule has 0 bridgehead atoms. The maximum Gasteiger partial charge on any atom is 0.304 e. The van der Waals surface area contributed by atoms with Crippen LogP contribution in [0.15, 0.2) is 23.4 Å². The van der Waals surface area contributed by atoms with Crippen molar-refractivity contribution in [3.63, 3.8) is 0 Å². The average Bonchev–Trinajstić information content (AvgIpc) is 2.99. The SMILES string of the molecule is CC[C@@]1(CC(=O)O)CC[C@H](CC=NOC)c2c1[nH]c1c(C)cccc21. The van der Waals surface area contributed by atoms with E-state index in [0.717, 1.165) is 36.9 Å². The molecule has 0 unspecified atom stereocenters. The summed E-state index contributed by atoms with van der Waals surface area (Å²) in [4.78, 5) is 20.0. The van der Waals surface area contributed by atoms with Crippen LogP contribution in [0.5, 0.6) is 0 Å². The summed E-state index contributed by atoms with van der Waals surface area (Å²) in [6.07, 6.45) is 5.44. The number of benzene rings is 1.